The molecule has 0 aromatic carbocycles. The monoisotopic (exact) mass is 241 g/mol. The van der Waals surface area contributed by atoms with Crippen LogP contribution < -0.4 is 0 Å². The van der Waals surface area contributed by atoms with Crippen molar-refractivity contribution in [3.8, 4) is 0 Å². The summed E-state index contributed by atoms with van der Waals surface area (Å²) in [5, 5.41) is 0. The highest BCUT2D eigenvalue weighted by Crippen LogP contribution is 2.15. The van der Waals surface area contributed by atoms with Crippen molar-refractivity contribution in [3.05, 3.63) is 0 Å². The Morgan fingerprint density at radius 3 is 2.76 bits per heavy atom. The molecule has 0 aromatic rings. The summed E-state index contributed by atoms with van der Waals surface area (Å²) in [7, 11) is 0. The molecule has 1 aliphatic heterocycles. The van der Waals surface area contributed by atoms with E-state index in [2.05, 4.69) is 25.7 Å². The molecule has 2 unspecified atom stereocenters. The number of hydrogen-bond donors (Lipinski definition) is 0. The molecule has 0 radical (unpaired) electrons. The maximum Gasteiger partial charge on any atom is 0.152 e. The van der Waals surface area contributed by atoms with Crippen LogP contribution in [0.3, 0.4) is 0 Å². The molecule has 100 valence electrons. The van der Waals surface area contributed by atoms with Crippen molar-refractivity contribution in [3.63, 3.8) is 0 Å². The maximum absolute atomic E-state index is 12.1. The van der Waals surface area contributed by atoms with E-state index in [0.717, 1.165) is 26.0 Å². The molecule has 3 nitrogen and oxygen atoms in total. The number of hydrogen-bond acceptors (Lipinski definition) is 3. The summed E-state index contributed by atoms with van der Waals surface area (Å²) in [5.74, 6) is 0.530. The van der Waals surface area contributed by atoms with Crippen molar-refractivity contribution < 1.29 is 9.53 Å². The Hall–Kier alpha value is -0.410. The molecule has 0 bridgehead atoms. The first kappa shape index (κ1) is 14.7. The van der Waals surface area contributed by atoms with Gasteiger partial charge in [0.2, 0.25) is 0 Å². The van der Waals surface area contributed by atoms with Gasteiger partial charge in [0, 0.05) is 18.6 Å². The van der Waals surface area contributed by atoms with Crippen molar-refractivity contribution in [2.24, 2.45) is 5.92 Å². The molecule has 0 saturated carbocycles. The molecule has 0 aromatic heterocycles. The topological polar surface area (TPSA) is 29.5 Å². The minimum atomic E-state index is 0.156. The van der Waals surface area contributed by atoms with Gasteiger partial charge < -0.3 is 4.74 Å². The Balaban J connectivity index is 2.43. The van der Waals surface area contributed by atoms with Gasteiger partial charge in [0.15, 0.2) is 5.78 Å². The summed E-state index contributed by atoms with van der Waals surface area (Å²) >= 11 is 0. The number of unbranched alkanes of at least 4 members (excludes halogenated alkanes) is 1. The van der Waals surface area contributed by atoms with Gasteiger partial charge in [-0.15, -0.1) is 0 Å². The zero-order valence-electron chi connectivity index (χ0n) is 11.6. The molecule has 17 heavy (non-hydrogen) atoms. The Labute approximate surface area is 106 Å². The molecule has 1 heterocycles. The van der Waals surface area contributed by atoms with E-state index in [0.29, 0.717) is 25.0 Å². The molecular weight excluding hydrogens is 214 g/mol. The second kappa shape index (κ2) is 7.83. The number of nitrogens with zero attached hydrogens (tertiary/aromatic N) is 1. The first-order valence-electron chi connectivity index (χ1n) is 7.03. The Morgan fingerprint density at radius 1 is 1.47 bits per heavy atom. The van der Waals surface area contributed by atoms with Crippen molar-refractivity contribution in [1.82, 2.24) is 4.90 Å². The van der Waals surface area contributed by atoms with Crippen LogP contribution in [0.15, 0.2) is 0 Å². The van der Waals surface area contributed by atoms with Gasteiger partial charge in [-0.05, 0) is 32.7 Å². The van der Waals surface area contributed by atoms with Crippen LogP contribution in [0.2, 0.25) is 0 Å². The van der Waals surface area contributed by atoms with Crippen LogP contribution in [0, 0.1) is 5.92 Å². The number of ketones is 1. The average molecular weight is 241 g/mol. The van der Waals surface area contributed by atoms with Crippen LogP contribution in [-0.4, -0.2) is 43.0 Å². The molecule has 3 heteroatoms. The Kier molecular flexibility index (Phi) is 6.75. The van der Waals surface area contributed by atoms with Gasteiger partial charge in [0.1, 0.15) is 0 Å². The molecule has 2 atom stereocenters. The van der Waals surface area contributed by atoms with E-state index in [1.54, 1.807) is 0 Å². The van der Waals surface area contributed by atoms with Crippen LogP contribution >= 0.6 is 0 Å². The van der Waals surface area contributed by atoms with Crippen molar-refractivity contribution in [1.29, 1.82) is 0 Å². The lowest BCUT2D eigenvalue weighted by atomic mass is 10.0. The van der Waals surface area contributed by atoms with Crippen LogP contribution in [0.5, 0.6) is 0 Å². The lowest BCUT2D eigenvalue weighted by Gasteiger charge is -2.28. The van der Waals surface area contributed by atoms with E-state index in [-0.39, 0.29) is 5.92 Å². The molecule has 1 rings (SSSR count). The molecule has 1 aliphatic rings. The van der Waals surface area contributed by atoms with Gasteiger partial charge in [0.05, 0.1) is 13.2 Å². The summed E-state index contributed by atoms with van der Waals surface area (Å²) < 4.78 is 5.29. The lowest BCUT2D eigenvalue weighted by Crippen LogP contribution is -2.39. The highest BCUT2D eigenvalue weighted by Gasteiger charge is 2.25. The molecule has 0 aliphatic carbocycles. The third kappa shape index (κ3) is 4.76. The second-order valence-electron chi connectivity index (χ2n) is 5.11. The van der Waals surface area contributed by atoms with Gasteiger partial charge in [-0.2, -0.15) is 0 Å². The van der Waals surface area contributed by atoms with Crippen LogP contribution in [0.1, 0.15) is 46.5 Å². The normalized spacial score (nSPS) is 22.0. The summed E-state index contributed by atoms with van der Waals surface area (Å²) in [6.45, 7) is 9.66. The average Bonchev–Trinajstić information content (AvgIpc) is 2.87. The number of Topliss-reactive ketones (excluding diaryl/α,β-unsaturated/α-hetero) is 1. The number of ether oxygens (including phenoxy) is 1. The zero-order valence-corrected chi connectivity index (χ0v) is 11.6. The van der Waals surface area contributed by atoms with E-state index in [1.807, 2.05) is 0 Å². The first-order valence-corrected chi connectivity index (χ1v) is 7.03. The summed E-state index contributed by atoms with van der Waals surface area (Å²) in [6, 6.07) is 0.507. The highest BCUT2D eigenvalue weighted by molar-refractivity contribution is 5.83. The number of rotatable bonds is 8. The molecule has 1 fully saturated rings. The predicted molar refractivity (Wildman–Crippen MR) is 70.2 cm³/mol. The van der Waals surface area contributed by atoms with Crippen LogP contribution in [0.25, 0.3) is 0 Å². The molecule has 1 saturated heterocycles. The van der Waals surface area contributed by atoms with E-state index in [1.165, 1.54) is 12.8 Å². The van der Waals surface area contributed by atoms with Gasteiger partial charge in [-0.3, -0.25) is 9.69 Å². The SMILES string of the molecule is CCCCN(CC(=O)C1CCOC1)C(C)CC. The number of carbonyl (C=O) groups excluding carboxylic acids is 1. The standard InChI is InChI=1S/C14H27NO2/c1-4-6-8-15(12(3)5-2)10-14(16)13-7-9-17-11-13/h12-13H,4-11H2,1-3H3. The fourth-order valence-electron chi connectivity index (χ4n) is 2.19. The molecule has 0 N–H and O–H groups in total. The number of carbonyl (C=O) groups is 1. The van der Waals surface area contributed by atoms with E-state index < -0.39 is 0 Å². The first-order chi connectivity index (χ1) is 8.19. The highest BCUT2D eigenvalue weighted by atomic mass is 16.5. The van der Waals surface area contributed by atoms with Crippen LogP contribution in [0.4, 0.5) is 0 Å². The summed E-state index contributed by atoms with van der Waals surface area (Å²) in [5.41, 5.74) is 0. The quantitative estimate of drug-likeness (QED) is 0.654. The maximum atomic E-state index is 12.1. The summed E-state index contributed by atoms with van der Waals surface area (Å²) in [6.07, 6.45) is 4.39. The molecule has 0 spiro atoms. The Bertz CT molecular complexity index is 224. The molecule has 0 amide bonds. The largest absolute Gasteiger partial charge is 0.381 e. The third-order valence-electron chi connectivity index (χ3n) is 3.76. The predicted octanol–water partition coefficient (Wildman–Crippen LogP) is 2.49. The van der Waals surface area contributed by atoms with Gasteiger partial charge in [-0.25, -0.2) is 0 Å². The fraction of sp³-hybridized carbons (Fsp3) is 0.929. The van der Waals surface area contributed by atoms with Gasteiger partial charge >= 0.3 is 0 Å². The minimum absolute atomic E-state index is 0.156. The van der Waals surface area contributed by atoms with Crippen molar-refractivity contribution in [2.45, 2.75) is 52.5 Å². The third-order valence-corrected chi connectivity index (χ3v) is 3.76. The second-order valence-corrected chi connectivity index (χ2v) is 5.11. The zero-order chi connectivity index (χ0) is 12.7. The molecular formula is C14H27NO2. The van der Waals surface area contributed by atoms with Crippen LogP contribution in [-0.2, 0) is 9.53 Å². The van der Waals surface area contributed by atoms with Gasteiger partial charge in [0.25, 0.3) is 0 Å². The summed E-state index contributed by atoms with van der Waals surface area (Å²) in [4.78, 5) is 14.5. The fourth-order valence-corrected chi connectivity index (χ4v) is 2.19. The van der Waals surface area contributed by atoms with Crippen molar-refractivity contribution >= 4 is 5.78 Å². The van der Waals surface area contributed by atoms with E-state index in [9.17, 15) is 4.79 Å². The minimum Gasteiger partial charge on any atom is -0.381 e. The van der Waals surface area contributed by atoms with E-state index >= 15 is 0 Å². The van der Waals surface area contributed by atoms with Gasteiger partial charge in [-0.1, -0.05) is 20.3 Å². The lowest BCUT2D eigenvalue weighted by molar-refractivity contribution is -0.124. The smallest absolute Gasteiger partial charge is 0.152 e. The van der Waals surface area contributed by atoms with E-state index in [4.69, 9.17) is 4.74 Å². The Morgan fingerprint density at radius 2 is 2.24 bits per heavy atom. The van der Waals surface area contributed by atoms with Crippen molar-refractivity contribution in [2.75, 3.05) is 26.3 Å².